The number of β-amino-alcohol motifs (C(OH)–C–C–N with tert-alkyl or cyclic N) is 1. The van der Waals surface area contributed by atoms with Crippen molar-refractivity contribution in [1.82, 2.24) is 4.90 Å². The summed E-state index contributed by atoms with van der Waals surface area (Å²) in [5, 5.41) is 18.7. The van der Waals surface area contributed by atoms with Crippen LogP contribution in [-0.4, -0.2) is 45.7 Å². The number of hydrogen-bond acceptors (Lipinski definition) is 3. The van der Waals surface area contributed by atoms with E-state index >= 15 is 0 Å². The first-order valence-electron chi connectivity index (χ1n) is 5.88. The van der Waals surface area contributed by atoms with Crippen LogP contribution in [0.1, 0.15) is 22.3 Å². The molecule has 0 aliphatic carbocycles. The van der Waals surface area contributed by atoms with Gasteiger partial charge in [-0.15, -0.1) is 0 Å². The number of aliphatic hydroxyl groups is 1. The van der Waals surface area contributed by atoms with Gasteiger partial charge in [0.15, 0.2) is 0 Å². The number of aryl methyl sites for hydroxylation is 1. The average molecular weight is 328 g/mol. The molecule has 1 saturated heterocycles. The SMILES string of the molecule is Cc1ccc(Br)c(C(=O)N2C[C@H](O)C[C@@H]2C(=O)O)c1. The minimum Gasteiger partial charge on any atom is -0.480 e. The number of likely N-dealkylation sites (tertiary alicyclic amines) is 1. The maximum absolute atomic E-state index is 12.4. The van der Waals surface area contributed by atoms with Crippen LogP contribution in [0.2, 0.25) is 0 Å². The van der Waals surface area contributed by atoms with Crippen molar-refractivity contribution < 1.29 is 19.8 Å². The topological polar surface area (TPSA) is 77.8 Å². The third-order valence-electron chi connectivity index (χ3n) is 3.18. The molecule has 1 aliphatic rings. The van der Waals surface area contributed by atoms with Crippen molar-refractivity contribution in [3.8, 4) is 0 Å². The molecule has 2 rings (SSSR count). The Kier molecular flexibility index (Phi) is 3.91. The molecule has 0 aromatic heterocycles. The monoisotopic (exact) mass is 327 g/mol. The van der Waals surface area contributed by atoms with Crippen LogP contribution in [0.15, 0.2) is 22.7 Å². The number of carboxylic acid groups (broad SMARTS) is 1. The Hall–Kier alpha value is -1.40. The molecule has 0 saturated carbocycles. The van der Waals surface area contributed by atoms with Gasteiger partial charge in [-0.1, -0.05) is 11.6 Å². The quantitative estimate of drug-likeness (QED) is 0.861. The Labute approximate surface area is 119 Å². The van der Waals surface area contributed by atoms with Gasteiger partial charge in [-0.2, -0.15) is 0 Å². The fourth-order valence-corrected chi connectivity index (χ4v) is 2.65. The summed E-state index contributed by atoms with van der Waals surface area (Å²) in [4.78, 5) is 24.7. The first-order valence-corrected chi connectivity index (χ1v) is 6.67. The van der Waals surface area contributed by atoms with Gasteiger partial charge in [0.25, 0.3) is 5.91 Å². The van der Waals surface area contributed by atoms with Crippen molar-refractivity contribution in [3.05, 3.63) is 33.8 Å². The van der Waals surface area contributed by atoms with Crippen molar-refractivity contribution in [2.75, 3.05) is 6.54 Å². The smallest absolute Gasteiger partial charge is 0.326 e. The number of carbonyl (C=O) groups excluding carboxylic acids is 1. The molecule has 19 heavy (non-hydrogen) atoms. The van der Waals surface area contributed by atoms with E-state index in [-0.39, 0.29) is 18.9 Å². The van der Waals surface area contributed by atoms with Crippen molar-refractivity contribution in [1.29, 1.82) is 0 Å². The Morgan fingerprint density at radius 1 is 1.42 bits per heavy atom. The second-order valence-corrected chi connectivity index (χ2v) is 5.54. The van der Waals surface area contributed by atoms with Crippen molar-refractivity contribution in [2.45, 2.75) is 25.5 Å². The van der Waals surface area contributed by atoms with Crippen LogP contribution in [0.5, 0.6) is 0 Å². The molecule has 2 atom stereocenters. The van der Waals surface area contributed by atoms with Crippen LogP contribution in [-0.2, 0) is 4.79 Å². The van der Waals surface area contributed by atoms with Crippen LogP contribution < -0.4 is 0 Å². The predicted octanol–water partition coefficient (Wildman–Crippen LogP) is 1.42. The van der Waals surface area contributed by atoms with Crippen LogP contribution in [0.25, 0.3) is 0 Å². The lowest BCUT2D eigenvalue weighted by atomic mass is 10.1. The lowest BCUT2D eigenvalue weighted by molar-refractivity contribution is -0.141. The number of rotatable bonds is 2. The van der Waals surface area contributed by atoms with Crippen LogP contribution in [0, 0.1) is 6.92 Å². The van der Waals surface area contributed by atoms with Crippen LogP contribution >= 0.6 is 15.9 Å². The Morgan fingerprint density at radius 2 is 2.11 bits per heavy atom. The number of carbonyl (C=O) groups is 2. The predicted molar refractivity (Wildman–Crippen MR) is 72.0 cm³/mol. The van der Waals surface area contributed by atoms with Gasteiger partial charge in [-0.3, -0.25) is 4.79 Å². The van der Waals surface area contributed by atoms with E-state index in [4.69, 9.17) is 5.11 Å². The maximum Gasteiger partial charge on any atom is 0.326 e. The van der Waals surface area contributed by atoms with Crippen LogP contribution in [0.3, 0.4) is 0 Å². The summed E-state index contributed by atoms with van der Waals surface area (Å²) in [6.45, 7) is 1.91. The third-order valence-corrected chi connectivity index (χ3v) is 3.87. The van der Waals surface area contributed by atoms with Gasteiger partial charge >= 0.3 is 5.97 Å². The minimum absolute atomic E-state index is 0.0518. The molecule has 102 valence electrons. The number of nitrogens with zero attached hydrogens (tertiary/aromatic N) is 1. The molecular weight excluding hydrogens is 314 g/mol. The molecule has 0 radical (unpaired) electrons. The molecule has 6 heteroatoms. The van der Waals surface area contributed by atoms with E-state index in [2.05, 4.69) is 15.9 Å². The van der Waals surface area contributed by atoms with E-state index in [1.807, 2.05) is 13.0 Å². The zero-order valence-corrected chi connectivity index (χ0v) is 11.9. The van der Waals surface area contributed by atoms with Gasteiger partial charge in [-0.25, -0.2) is 4.79 Å². The number of aliphatic hydroxyl groups excluding tert-OH is 1. The van der Waals surface area contributed by atoms with Crippen LogP contribution in [0.4, 0.5) is 0 Å². The van der Waals surface area contributed by atoms with Gasteiger partial charge in [0.05, 0.1) is 11.7 Å². The summed E-state index contributed by atoms with van der Waals surface area (Å²) in [6, 6.07) is 4.35. The van der Waals surface area contributed by atoms with E-state index in [9.17, 15) is 14.7 Å². The summed E-state index contributed by atoms with van der Waals surface area (Å²) in [6.07, 6.45) is -0.710. The number of benzene rings is 1. The van der Waals surface area contributed by atoms with Gasteiger partial charge in [-0.05, 0) is 35.0 Å². The summed E-state index contributed by atoms with van der Waals surface area (Å²) in [5.41, 5.74) is 1.33. The molecule has 5 nitrogen and oxygen atoms in total. The van der Waals surface area contributed by atoms with Gasteiger partial charge in [0.1, 0.15) is 6.04 Å². The molecule has 1 heterocycles. The largest absolute Gasteiger partial charge is 0.480 e. The van der Waals surface area contributed by atoms with Gasteiger partial charge < -0.3 is 15.1 Å². The number of aliphatic carboxylic acids is 1. The number of amides is 1. The Bertz CT molecular complexity index is 531. The Morgan fingerprint density at radius 3 is 2.74 bits per heavy atom. The molecule has 1 aromatic rings. The highest BCUT2D eigenvalue weighted by Crippen LogP contribution is 2.25. The number of carboxylic acids is 1. The summed E-state index contributed by atoms with van der Waals surface area (Å²) in [7, 11) is 0. The number of halogens is 1. The van der Waals surface area contributed by atoms with Crippen molar-refractivity contribution in [3.63, 3.8) is 0 Å². The summed E-state index contributed by atoms with van der Waals surface area (Å²) >= 11 is 3.29. The first kappa shape index (κ1) is 14.0. The lowest BCUT2D eigenvalue weighted by Crippen LogP contribution is -2.40. The fourth-order valence-electron chi connectivity index (χ4n) is 2.23. The maximum atomic E-state index is 12.4. The zero-order valence-electron chi connectivity index (χ0n) is 10.3. The van der Waals surface area contributed by atoms with Crippen molar-refractivity contribution in [2.24, 2.45) is 0 Å². The molecular formula is C13H14BrNO4. The Balaban J connectivity index is 2.33. The second kappa shape index (κ2) is 5.30. The molecule has 1 aromatic carbocycles. The minimum atomic E-state index is -1.09. The first-order chi connectivity index (χ1) is 8.90. The molecule has 1 aliphatic heterocycles. The van der Waals surface area contributed by atoms with E-state index in [1.54, 1.807) is 12.1 Å². The average Bonchev–Trinajstić information content (AvgIpc) is 2.74. The highest BCUT2D eigenvalue weighted by Gasteiger charge is 2.39. The second-order valence-electron chi connectivity index (χ2n) is 4.68. The molecule has 1 amide bonds. The molecule has 0 unspecified atom stereocenters. The lowest BCUT2D eigenvalue weighted by Gasteiger charge is -2.22. The fraction of sp³-hybridized carbons (Fsp3) is 0.385. The molecule has 1 fully saturated rings. The van der Waals surface area contributed by atoms with E-state index in [0.29, 0.717) is 10.0 Å². The van der Waals surface area contributed by atoms with E-state index < -0.39 is 18.1 Å². The summed E-state index contributed by atoms with van der Waals surface area (Å²) in [5.74, 6) is -1.46. The molecule has 2 N–H and O–H groups in total. The van der Waals surface area contributed by atoms with E-state index in [0.717, 1.165) is 5.56 Å². The summed E-state index contributed by atoms with van der Waals surface area (Å²) < 4.78 is 0.619. The molecule has 0 bridgehead atoms. The normalized spacial score (nSPS) is 22.6. The highest BCUT2D eigenvalue weighted by atomic mass is 79.9. The van der Waals surface area contributed by atoms with Gasteiger partial charge in [0.2, 0.25) is 0 Å². The van der Waals surface area contributed by atoms with Gasteiger partial charge in [0, 0.05) is 17.4 Å². The number of hydrogen-bond donors (Lipinski definition) is 2. The molecule has 0 spiro atoms. The standard InChI is InChI=1S/C13H14BrNO4/c1-7-2-3-10(14)9(4-7)12(17)15-6-8(16)5-11(15)13(18)19/h2-4,8,11,16H,5-6H2,1H3,(H,18,19)/t8-,11-/m1/s1. The van der Waals surface area contributed by atoms with E-state index in [1.165, 1.54) is 4.90 Å². The van der Waals surface area contributed by atoms with Crippen molar-refractivity contribution >= 4 is 27.8 Å². The zero-order chi connectivity index (χ0) is 14.2. The third kappa shape index (κ3) is 2.79. The highest BCUT2D eigenvalue weighted by molar-refractivity contribution is 9.10.